The van der Waals surface area contributed by atoms with Crippen molar-refractivity contribution in [2.45, 2.75) is 37.6 Å². The standard InChI is InChI=1S/C22H26N2O3S/c1-17-5-4-13-24(15-17)28(26,27)21-10-8-19(9-11-21)22(25)23-14-12-18-6-2-3-7-20(18)16-23/h2-3,6-11,17H,4-5,12-16H2,1H3. The van der Waals surface area contributed by atoms with E-state index in [2.05, 4.69) is 19.1 Å². The molecule has 5 nitrogen and oxygen atoms in total. The number of rotatable bonds is 3. The van der Waals surface area contributed by atoms with Gasteiger partial charge in [0.2, 0.25) is 10.0 Å². The van der Waals surface area contributed by atoms with Gasteiger partial charge in [0.05, 0.1) is 4.90 Å². The largest absolute Gasteiger partial charge is 0.334 e. The molecule has 2 aromatic carbocycles. The molecule has 1 amide bonds. The van der Waals surface area contributed by atoms with Crippen molar-refractivity contribution in [3.63, 3.8) is 0 Å². The van der Waals surface area contributed by atoms with Crippen LogP contribution in [0.5, 0.6) is 0 Å². The topological polar surface area (TPSA) is 57.7 Å². The number of sulfonamides is 1. The van der Waals surface area contributed by atoms with Crippen molar-refractivity contribution in [1.82, 2.24) is 9.21 Å². The Bertz CT molecular complexity index is 970. The number of fused-ring (bicyclic) bond motifs is 1. The third kappa shape index (κ3) is 3.71. The summed E-state index contributed by atoms with van der Waals surface area (Å²) in [6.07, 6.45) is 2.81. The zero-order valence-electron chi connectivity index (χ0n) is 16.2. The van der Waals surface area contributed by atoms with Crippen molar-refractivity contribution in [3.8, 4) is 0 Å². The molecule has 2 aromatic rings. The molecule has 2 aliphatic heterocycles. The van der Waals surface area contributed by atoms with E-state index in [0.29, 0.717) is 37.7 Å². The van der Waals surface area contributed by atoms with Crippen LogP contribution >= 0.6 is 0 Å². The summed E-state index contributed by atoms with van der Waals surface area (Å²) in [6.45, 7) is 4.50. The van der Waals surface area contributed by atoms with E-state index in [9.17, 15) is 13.2 Å². The normalized spacial score (nSPS) is 20.6. The second-order valence-corrected chi connectivity index (χ2v) is 9.82. The van der Waals surface area contributed by atoms with Crippen molar-refractivity contribution in [3.05, 3.63) is 65.2 Å². The van der Waals surface area contributed by atoms with Crippen LogP contribution in [0.1, 0.15) is 41.3 Å². The Hall–Kier alpha value is -2.18. The summed E-state index contributed by atoms with van der Waals surface area (Å²) < 4.78 is 27.3. The summed E-state index contributed by atoms with van der Waals surface area (Å²) in [5, 5.41) is 0. The summed E-state index contributed by atoms with van der Waals surface area (Å²) in [6, 6.07) is 14.6. The summed E-state index contributed by atoms with van der Waals surface area (Å²) in [7, 11) is -3.49. The van der Waals surface area contributed by atoms with Crippen molar-refractivity contribution in [2.24, 2.45) is 5.92 Å². The first-order valence-corrected chi connectivity index (χ1v) is 11.4. The smallest absolute Gasteiger partial charge is 0.254 e. The molecule has 1 fully saturated rings. The van der Waals surface area contributed by atoms with Crippen molar-refractivity contribution < 1.29 is 13.2 Å². The molecule has 148 valence electrons. The molecule has 2 aliphatic rings. The molecule has 0 aromatic heterocycles. The number of amides is 1. The van der Waals surface area contributed by atoms with E-state index < -0.39 is 10.0 Å². The zero-order chi connectivity index (χ0) is 19.7. The second-order valence-electron chi connectivity index (χ2n) is 7.88. The lowest BCUT2D eigenvalue weighted by atomic mass is 9.99. The second kappa shape index (κ2) is 7.68. The maximum Gasteiger partial charge on any atom is 0.254 e. The molecule has 0 radical (unpaired) electrons. The first-order valence-electron chi connectivity index (χ1n) is 9.91. The lowest BCUT2D eigenvalue weighted by molar-refractivity contribution is 0.0734. The highest BCUT2D eigenvalue weighted by atomic mass is 32.2. The molecule has 0 saturated carbocycles. The fourth-order valence-corrected chi connectivity index (χ4v) is 5.73. The Labute approximate surface area is 167 Å². The summed E-state index contributed by atoms with van der Waals surface area (Å²) in [4.78, 5) is 15.0. The van der Waals surface area contributed by atoms with Crippen molar-refractivity contribution in [1.29, 1.82) is 0 Å². The van der Waals surface area contributed by atoms with Crippen LogP contribution in [0, 0.1) is 5.92 Å². The van der Waals surface area contributed by atoms with Crippen molar-refractivity contribution in [2.75, 3.05) is 19.6 Å². The van der Waals surface area contributed by atoms with Gasteiger partial charge in [0.15, 0.2) is 0 Å². The zero-order valence-corrected chi connectivity index (χ0v) is 17.0. The number of carbonyl (C=O) groups is 1. The van der Waals surface area contributed by atoms with Gasteiger partial charge in [-0.3, -0.25) is 4.79 Å². The van der Waals surface area contributed by atoms with Crippen molar-refractivity contribution >= 4 is 15.9 Å². The molecule has 0 bridgehead atoms. The average molecular weight is 399 g/mol. The predicted molar refractivity (Wildman–Crippen MR) is 108 cm³/mol. The molecule has 1 unspecified atom stereocenters. The summed E-state index contributed by atoms with van der Waals surface area (Å²) in [5.74, 6) is 0.330. The minimum Gasteiger partial charge on any atom is -0.334 e. The third-order valence-corrected chi connectivity index (χ3v) is 7.66. The number of carbonyl (C=O) groups excluding carboxylic acids is 1. The van der Waals surface area contributed by atoms with Crippen LogP contribution in [0.4, 0.5) is 0 Å². The molecule has 0 N–H and O–H groups in total. The molecule has 2 heterocycles. The van der Waals surface area contributed by atoms with Gasteiger partial charge in [-0.15, -0.1) is 0 Å². The highest BCUT2D eigenvalue weighted by Crippen LogP contribution is 2.25. The molecular weight excluding hydrogens is 372 g/mol. The summed E-state index contributed by atoms with van der Waals surface area (Å²) in [5.41, 5.74) is 3.01. The lowest BCUT2D eigenvalue weighted by Crippen LogP contribution is -2.39. The molecule has 28 heavy (non-hydrogen) atoms. The van der Waals surface area contributed by atoms with E-state index in [0.717, 1.165) is 19.3 Å². The monoisotopic (exact) mass is 398 g/mol. The first kappa shape index (κ1) is 19.2. The van der Waals surface area contributed by atoms with E-state index in [4.69, 9.17) is 0 Å². The molecule has 4 rings (SSSR count). The summed E-state index contributed by atoms with van der Waals surface area (Å²) >= 11 is 0. The van der Waals surface area contributed by atoms with Gasteiger partial charge in [-0.1, -0.05) is 31.2 Å². The minimum absolute atomic E-state index is 0.0509. The number of nitrogens with zero attached hydrogens (tertiary/aromatic N) is 2. The van der Waals surface area contributed by atoms with E-state index in [1.807, 2.05) is 17.0 Å². The fraction of sp³-hybridized carbons (Fsp3) is 0.409. The van der Waals surface area contributed by atoms with Gasteiger partial charge in [-0.25, -0.2) is 8.42 Å². The van der Waals surface area contributed by atoms with E-state index in [1.165, 1.54) is 11.1 Å². The van der Waals surface area contributed by atoms with Crippen LogP contribution in [0.3, 0.4) is 0 Å². The van der Waals surface area contributed by atoms with Crippen LogP contribution in [0.2, 0.25) is 0 Å². The highest BCUT2D eigenvalue weighted by molar-refractivity contribution is 7.89. The molecule has 6 heteroatoms. The molecular formula is C22H26N2O3S. The van der Waals surface area contributed by atoms with Crippen LogP contribution in [0.25, 0.3) is 0 Å². The van der Waals surface area contributed by atoms with E-state index >= 15 is 0 Å². The van der Waals surface area contributed by atoms with Gasteiger partial charge in [0.1, 0.15) is 0 Å². The number of benzene rings is 2. The third-order valence-electron chi connectivity index (χ3n) is 5.78. The van der Waals surface area contributed by atoms with Gasteiger partial charge in [0, 0.05) is 31.7 Å². The Morgan fingerprint density at radius 2 is 1.71 bits per heavy atom. The number of piperidine rings is 1. The Morgan fingerprint density at radius 1 is 1.00 bits per heavy atom. The van der Waals surface area contributed by atoms with E-state index in [1.54, 1.807) is 28.6 Å². The van der Waals surface area contributed by atoms with Crippen LogP contribution < -0.4 is 0 Å². The molecule has 0 aliphatic carbocycles. The van der Waals surface area contributed by atoms with Crippen LogP contribution in [-0.2, 0) is 23.0 Å². The van der Waals surface area contributed by atoms with Gasteiger partial charge in [0.25, 0.3) is 5.91 Å². The Morgan fingerprint density at radius 3 is 2.43 bits per heavy atom. The van der Waals surface area contributed by atoms with E-state index in [-0.39, 0.29) is 10.8 Å². The highest BCUT2D eigenvalue weighted by Gasteiger charge is 2.29. The Kier molecular flexibility index (Phi) is 5.25. The number of hydrogen-bond acceptors (Lipinski definition) is 3. The van der Waals surface area contributed by atoms with Gasteiger partial charge in [-0.2, -0.15) is 4.31 Å². The first-order chi connectivity index (χ1) is 13.4. The fourth-order valence-electron chi connectivity index (χ4n) is 4.13. The average Bonchev–Trinajstić information content (AvgIpc) is 2.73. The Balaban J connectivity index is 1.49. The quantitative estimate of drug-likeness (QED) is 0.797. The SMILES string of the molecule is CC1CCCN(S(=O)(=O)c2ccc(C(=O)N3CCc4ccccc4C3)cc2)C1. The lowest BCUT2D eigenvalue weighted by Gasteiger charge is -2.30. The van der Waals surface area contributed by atoms with Gasteiger partial charge < -0.3 is 4.90 Å². The van der Waals surface area contributed by atoms with Crippen LogP contribution in [-0.4, -0.2) is 43.2 Å². The molecule has 0 spiro atoms. The maximum atomic E-state index is 12.9. The van der Waals surface area contributed by atoms with Gasteiger partial charge in [-0.05, 0) is 60.6 Å². The van der Waals surface area contributed by atoms with Crippen LogP contribution in [0.15, 0.2) is 53.4 Å². The molecule has 1 saturated heterocycles. The molecule has 1 atom stereocenters. The van der Waals surface area contributed by atoms with Gasteiger partial charge >= 0.3 is 0 Å². The minimum atomic E-state index is -3.49. The number of hydrogen-bond donors (Lipinski definition) is 0. The maximum absolute atomic E-state index is 12.9. The predicted octanol–water partition coefficient (Wildman–Crippen LogP) is 3.31.